The van der Waals surface area contributed by atoms with Crippen LogP contribution >= 0.6 is 46.4 Å². The first kappa shape index (κ1) is 18.0. The zero-order chi connectivity index (χ0) is 18.0. The summed E-state index contributed by atoms with van der Waals surface area (Å²) in [6, 6.07) is 14.6. The van der Waals surface area contributed by atoms with Crippen LogP contribution in [0.15, 0.2) is 48.5 Å². The quantitative estimate of drug-likeness (QED) is 0.403. The Morgan fingerprint density at radius 1 is 1.12 bits per heavy atom. The lowest BCUT2D eigenvalue weighted by atomic mass is 10.0. The van der Waals surface area contributed by atoms with Gasteiger partial charge in [-0.15, -0.1) is 0 Å². The summed E-state index contributed by atoms with van der Waals surface area (Å²) < 4.78 is 1.06. The molecule has 0 aliphatic carbocycles. The number of pyridine rings is 1. The van der Waals surface area contributed by atoms with E-state index in [9.17, 15) is 4.79 Å². The van der Waals surface area contributed by atoms with E-state index in [0.717, 1.165) is 20.0 Å². The minimum atomic E-state index is -0.299. The summed E-state index contributed by atoms with van der Waals surface area (Å²) in [7, 11) is 0. The number of nitrogens with zero attached hydrogens (tertiary/aromatic N) is 1. The first-order valence-corrected chi connectivity index (χ1v) is 9.25. The number of carbonyl (C=O) groups excluding carboxylic acids is 1. The number of aromatic nitrogens is 1. The van der Waals surface area contributed by atoms with Crippen molar-refractivity contribution in [3.8, 4) is 0 Å². The summed E-state index contributed by atoms with van der Waals surface area (Å²) >= 11 is 13.6. The Balaban J connectivity index is 1.79. The number of nitrogens with one attached hydrogen (secondary N) is 2. The topological polar surface area (TPSA) is 54.0 Å². The van der Waals surface area contributed by atoms with E-state index in [1.54, 1.807) is 18.2 Å². The normalized spacial score (nSPS) is 10.5. The molecule has 0 fully saturated rings. The van der Waals surface area contributed by atoms with Gasteiger partial charge in [0, 0.05) is 19.5 Å². The molecule has 3 aromatic rings. The lowest BCUT2D eigenvalue weighted by molar-refractivity contribution is 0.0979. The lowest BCUT2D eigenvalue weighted by Crippen LogP contribution is -2.34. The number of rotatable bonds is 2. The number of fused-ring (bicyclic) bond motifs is 1. The standard InChI is InChI=1S/C18H13ClIN3OS/c1-10-15(20)8-9-16(21-10)22-18(25)23-17(24)13-6-2-5-12-11(13)4-3-7-14(12)19/h2-9H,1H3,(H2,21,22,23,24,25). The molecule has 2 N–H and O–H groups in total. The molecule has 2 aromatic carbocycles. The van der Waals surface area contributed by atoms with Gasteiger partial charge in [-0.05, 0) is 71.4 Å². The molecule has 0 radical (unpaired) electrons. The van der Waals surface area contributed by atoms with Crippen LogP contribution in [0.5, 0.6) is 0 Å². The Bertz CT molecular complexity index is 993. The van der Waals surface area contributed by atoms with E-state index in [0.29, 0.717) is 16.4 Å². The first-order chi connectivity index (χ1) is 12.0. The fourth-order valence-electron chi connectivity index (χ4n) is 2.40. The molecule has 0 bridgehead atoms. The smallest absolute Gasteiger partial charge is 0.258 e. The second kappa shape index (κ2) is 7.63. The van der Waals surface area contributed by atoms with Crippen molar-refractivity contribution in [2.75, 3.05) is 5.32 Å². The molecule has 7 heteroatoms. The van der Waals surface area contributed by atoms with Crippen LogP contribution in [0, 0.1) is 10.5 Å². The van der Waals surface area contributed by atoms with Crippen molar-refractivity contribution >= 4 is 74.0 Å². The van der Waals surface area contributed by atoms with Crippen molar-refractivity contribution in [3.63, 3.8) is 0 Å². The van der Waals surface area contributed by atoms with E-state index in [-0.39, 0.29) is 11.0 Å². The highest BCUT2D eigenvalue weighted by molar-refractivity contribution is 14.1. The number of hydrogen-bond donors (Lipinski definition) is 2. The average molecular weight is 482 g/mol. The van der Waals surface area contributed by atoms with Gasteiger partial charge in [-0.3, -0.25) is 10.1 Å². The van der Waals surface area contributed by atoms with E-state index < -0.39 is 0 Å². The second-order valence-corrected chi connectivity index (χ2v) is 7.29. The Morgan fingerprint density at radius 2 is 1.84 bits per heavy atom. The molecule has 4 nitrogen and oxygen atoms in total. The maximum Gasteiger partial charge on any atom is 0.258 e. The van der Waals surface area contributed by atoms with Crippen LogP contribution in [0.3, 0.4) is 0 Å². The molecule has 0 aliphatic rings. The van der Waals surface area contributed by atoms with Gasteiger partial charge in [0.05, 0.1) is 5.69 Å². The Morgan fingerprint density at radius 3 is 2.60 bits per heavy atom. The van der Waals surface area contributed by atoms with E-state index in [1.165, 1.54) is 0 Å². The predicted molar refractivity (Wildman–Crippen MR) is 114 cm³/mol. The Labute approximate surface area is 169 Å². The number of halogens is 2. The molecule has 1 amide bonds. The molecule has 0 saturated heterocycles. The van der Waals surface area contributed by atoms with Crippen LogP contribution in [0.4, 0.5) is 5.82 Å². The molecule has 25 heavy (non-hydrogen) atoms. The van der Waals surface area contributed by atoms with Gasteiger partial charge in [0.15, 0.2) is 5.11 Å². The highest BCUT2D eigenvalue weighted by Crippen LogP contribution is 2.25. The zero-order valence-corrected chi connectivity index (χ0v) is 16.9. The number of thiocarbonyl (C=S) groups is 1. The minimum absolute atomic E-state index is 0.192. The molecular weight excluding hydrogens is 469 g/mol. The third-order valence-electron chi connectivity index (χ3n) is 3.60. The lowest BCUT2D eigenvalue weighted by Gasteiger charge is -2.11. The van der Waals surface area contributed by atoms with Crippen LogP contribution in [-0.4, -0.2) is 16.0 Å². The maximum atomic E-state index is 12.6. The zero-order valence-electron chi connectivity index (χ0n) is 13.1. The van der Waals surface area contributed by atoms with Gasteiger partial charge in [0.1, 0.15) is 5.82 Å². The monoisotopic (exact) mass is 481 g/mol. The Kier molecular flexibility index (Phi) is 5.51. The summed E-state index contributed by atoms with van der Waals surface area (Å²) in [5.74, 6) is 0.289. The molecule has 1 aromatic heterocycles. The van der Waals surface area contributed by atoms with Crippen molar-refractivity contribution in [1.82, 2.24) is 10.3 Å². The van der Waals surface area contributed by atoms with Gasteiger partial charge in [0.2, 0.25) is 0 Å². The van der Waals surface area contributed by atoms with Gasteiger partial charge in [-0.25, -0.2) is 4.98 Å². The van der Waals surface area contributed by atoms with Crippen LogP contribution in [0.1, 0.15) is 16.1 Å². The summed E-state index contributed by atoms with van der Waals surface area (Å²) in [6.45, 7) is 1.91. The van der Waals surface area contributed by atoms with Crippen molar-refractivity contribution < 1.29 is 4.79 Å². The third kappa shape index (κ3) is 4.08. The van der Waals surface area contributed by atoms with Gasteiger partial charge in [-0.1, -0.05) is 35.9 Å². The SMILES string of the molecule is Cc1nc(NC(=S)NC(=O)c2cccc3c(Cl)cccc23)ccc1I. The molecular formula is C18H13ClIN3OS. The third-order valence-corrected chi connectivity index (χ3v) is 5.28. The van der Waals surface area contributed by atoms with E-state index in [4.69, 9.17) is 23.8 Å². The number of hydrogen-bond acceptors (Lipinski definition) is 3. The van der Waals surface area contributed by atoms with Crippen molar-refractivity contribution in [1.29, 1.82) is 0 Å². The highest BCUT2D eigenvalue weighted by Gasteiger charge is 2.13. The van der Waals surface area contributed by atoms with Crippen LogP contribution < -0.4 is 10.6 Å². The molecule has 126 valence electrons. The summed E-state index contributed by atoms with van der Waals surface area (Å²) in [5, 5.41) is 8.01. The van der Waals surface area contributed by atoms with Gasteiger partial charge in [0.25, 0.3) is 5.91 Å². The van der Waals surface area contributed by atoms with E-state index in [2.05, 4.69) is 38.2 Å². The number of aryl methyl sites for hydroxylation is 1. The van der Waals surface area contributed by atoms with E-state index in [1.807, 2.05) is 37.3 Å². The van der Waals surface area contributed by atoms with Gasteiger partial charge in [-0.2, -0.15) is 0 Å². The summed E-state index contributed by atoms with van der Waals surface area (Å²) in [6.07, 6.45) is 0. The molecule has 1 heterocycles. The van der Waals surface area contributed by atoms with Crippen LogP contribution in [0.2, 0.25) is 5.02 Å². The highest BCUT2D eigenvalue weighted by atomic mass is 127. The van der Waals surface area contributed by atoms with E-state index >= 15 is 0 Å². The van der Waals surface area contributed by atoms with Gasteiger partial charge < -0.3 is 5.32 Å². The van der Waals surface area contributed by atoms with Crippen LogP contribution in [0.25, 0.3) is 10.8 Å². The molecule has 0 spiro atoms. The number of amides is 1. The Hall–Kier alpha value is -1.77. The van der Waals surface area contributed by atoms with Crippen LogP contribution in [-0.2, 0) is 0 Å². The summed E-state index contributed by atoms with van der Waals surface area (Å²) in [4.78, 5) is 17.0. The van der Waals surface area contributed by atoms with Crippen molar-refractivity contribution in [2.45, 2.75) is 6.92 Å². The molecule has 0 atom stereocenters. The fraction of sp³-hybridized carbons (Fsp3) is 0.0556. The number of benzene rings is 2. The van der Waals surface area contributed by atoms with Crippen molar-refractivity contribution in [3.05, 3.63) is 68.4 Å². The van der Waals surface area contributed by atoms with Gasteiger partial charge >= 0.3 is 0 Å². The molecule has 0 unspecified atom stereocenters. The molecule has 0 saturated carbocycles. The number of carbonyl (C=O) groups is 1. The molecule has 0 aliphatic heterocycles. The summed E-state index contributed by atoms with van der Waals surface area (Å²) in [5.41, 5.74) is 1.40. The van der Waals surface area contributed by atoms with Crippen molar-refractivity contribution in [2.24, 2.45) is 0 Å². The largest absolute Gasteiger partial charge is 0.317 e. The molecule has 3 rings (SSSR count). The minimum Gasteiger partial charge on any atom is -0.317 e. The second-order valence-electron chi connectivity index (χ2n) is 5.31. The number of anilines is 1. The first-order valence-electron chi connectivity index (χ1n) is 7.38. The average Bonchev–Trinajstić information content (AvgIpc) is 2.58. The predicted octanol–water partition coefficient (Wildman–Crippen LogP) is 4.93. The maximum absolute atomic E-state index is 12.6. The fourth-order valence-corrected chi connectivity index (χ4v) is 3.14.